The van der Waals surface area contributed by atoms with Crippen LogP contribution < -0.4 is 9.62 Å². The van der Waals surface area contributed by atoms with Gasteiger partial charge in [0.25, 0.3) is 0 Å². The third-order valence-electron chi connectivity index (χ3n) is 3.19. The number of morpholine rings is 1. The molecule has 2 rings (SSSR count). The summed E-state index contributed by atoms with van der Waals surface area (Å²) >= 11 is 0. The van der Waals surface area contributed by atoms with Crippen LogP contribution in [0.3, 0.4) is 0 Å². The number of aromatic carboxylic acids is 1. The maximum atomic E-state index is 12.0. The molecule has 0 aliphatic carbocycles. The van der Waals surface area contributed by atoms with Crippen molar-refractivity contribution in [1.29, 1.82) is 0 Å². The molecule has 0 aromatic heterocycles. The fraction of sp³-hybridized carbons (Fsp3) is 0.462. The molecular weight excluding hydrogens is 296 g/mol. The van der Waals surface area contributed by atoms with E-state index in [9.17, 15) is 18.3 Å². The molecule has 8 heteroatoms. The molecule has 0 spiro atoms. The van der Waals surface area contributed by atoms with Crippen LogP contribution in [0.1, 0.15) is 17.3 Å². The third kappa shape index (κ3) is 3.52. The predicted octanol–water partition coefficient (Wildman–Crippen LogP) is 0.520. The normalized spacial score (nSPS) is 16.0. The second-order valence-corrected chi connectivity index (χ2v) is 6.35. The van der Waals surface area contributed by atoms with Gasteiger partial charge in [-0.3, -0.25) is 0 Å². The Morgan fingerprint density at radius 3 is 2.62 bits per heavy atom. The number of ether oxygens (including phenoxy) is 1. The van der Waals surface area contributed by atoms with Gasteiger partial charge >= 0.3 is 5.97 Å². The van der Waals surface area contributed by atoms with Crippen LogP contribution in [-0.2, 0) is 14.8 Å². The van der Waals surface area contributed by atoms with Gasteiger partial charge < -0.3 is 14.7 Å². The van der Waals surface area contributed by atoms with Crippen molar-refractivity contribution < 1.29 is 23.1 Å². The minimum absolute atomic E-state index is 0.0177. The topological polar surface area (TPSA) is 95.9 Å². The first-order valence-electron chi connectivity index (χ1n) is 6.65. The van der Waals surface area contributed by atoms with Crippen molar-refractivity contribution in [2.75, 3.05) is 37.7 Å². The number of benzene rings is 1. The van der Waals surface area contributed by atoms with Crippen LogP contribution in [0.25, 0.3) is 0 Å². The molecule has 0 bridgehead atoms. The van der Waals surface area contributed by atoms with Crippen molar-refractivity contribution in [3.8, 4) is 0 Å². The van der Waals surface area contributed by atoms with Crippen molar-refractivity contribution in [1.82, 2.24) is 4.72 Å². The van der Waals surface area contributed by atoms with E-state index >= 15 is 0 Å². The van der Waals surface area contributed by atoms with Crippen LogP contribution in [0.15, 0.2) is 23.1 Å². The van der Waals surface area contributed by atoms with Gasteiger partial charge in [-0.15, -0.1) is 0 Å². The smallest absolute Gasteiger partial charge is 0.337 e. The average molecular weight is 314 g/mol. The summed E-state index contributed by atoms with van der Waals surface area (Å²) in [5.41, 5.74) is 0.497. The SMILES string of the molecule is CCNS(=O)(=O)c1ccc(N2CCOCC2)c(C(=O)O)c1. The van der Waals surface area contributed by atoms with E-state index in [1.807, 2.05) is 4.90 Å². The zero-order valence-corrected chi connectivity index (χ0v) is 12.5. The van der Waals surface area contributed by atoms with Crippen molar-refractivity contribution in [3.63, 3.8) is 0 Å². The molecule has 1 heterocycles. The minimum atomic E-state index is -3.67. The fourth-order valence-corrected chi connectivity index (χ4v) is 3.27. The Bertz CT molecular complexity index is 623. The van der Waals surface area contributed by atoms with E-state index in [0.717, 1.165) is 0 Å². The summed E-state index contributed by atoms with van der Waals surface area (Å²) in [5, 5.41) is 9.34. The lowest BCUT2D eigenvalue weighted by Crippen LogP contribution is -2.37. The lowest BCUT2D eigenvalue weighted by molar-refractivity contribution is 0.0696. The first kappa shape index (κ1) is 15.7. The summed E-state index contributed by atoms with van der Waals surface area (Å²) in [6, 6.07) is 4.17. The molecule has 1 saturated heterocycles. The van der Waals surface area contributed by atoms with E-state index < -0.39 is 16.0 Å². The van der Waals surface area contributed by atoms with E-state index in [0.29, 0.717) is 32.0 Å². The molecular formula is C13H18N2O5S. The number of rotatable bonds is 5. The number of nitrogens with one attached hydrogen (secondary N) is 1. The Morgan fingerprint density at radius 2 is 2.05 bits per heavy atom. The number of carboxylic acid groups (broad SMARTS) is 1. The fourth-order valence-electron chi connectivity index (χ4n) is 2.21. The van der Waals surface area contributed by atoms with E-state index in [4.69, 9.17) is 4.74 Å². The lowest BCUT2D eigenvalue weighted by Gasteiger charge is -2.30. The highest BCUT2D eigenvalue weighted by Crippen LogP contribution is 2.25. The highest BCUT2D eigenvalue weighted by molar-refractivity contribution is 7.89. The summed E-state index contributed by atoms with van der Waals surface area (Å²) in [6.07, 6.45) is 0. The van der Waals surface area contributed by atoms with E-state index in [2.05, 4.69) is 4.72 Å². The number of hydrogen-bond acceptors (Lipinski definition) is 5. The summed E-state index contributed by atoms with van der Waals surface area (Å²) < 4.78 is 31.5. The predicted molar refractivity (Wildman–Crippen MR) is 77.3 cm³/mol. The summed E-state index contributed by atoms with van der Waals surface area (Å²) in [7, 11) is -3.67. The quantitative estimate of drug-likeness (QED) is 0.822. The number of anilines is 1. The molecule has 1 aromatic rings. The largest absolute Gasteiger partial charge is 0.478 e. The van der Waals surface area contributed by atoms with Crippen molar-refractivity contribution in [2.24, 2.45) is 0 Å². The summed E-state index contributed by atoms with van der Waals surface area (Å²) in [5.74, 6) is -1.15. The van der Waals surface area contributed by atoms with E-state index in [1.54, 1.807) is 13.0 Å². The zero-order valence-electron chi connectivity index (χ0n) is 11.7. The Hall–Kier alpha value is -1.64. The monoisotopic (exact) mass is 314 g/mol. The summed E-state index contributed by atoms with van der Waals surface area (Å²) in [6.45, 7) is 4.12. The molecule has 0 amide bonds. The second kappa shape index (κ2) is 6.42. The first-order chi connectivity index (χ1) is 9.95. The number of carbonyl (C=O) groups is 1. The molecule has 1 fully saturated rings. The third-order valence-corrected chi connectivity index (χ3v) is 4.74. The van der Waals surface area contributed by atoms with Gasteiger partial charge in [0.2, 0.25) is 10.0 Å². The molecule has 7 nitrogen and oxygen atoms in total. The number of hydrogen-bond donors (Lipinski definition) is 2. The molecule has 116 valence electrons. The molecule has 21 heavy (non-hydrogen) atoms. The Kier molecular flexibility index (Phi) is 4.81. The Morgan fingerprint density at radius 1 is 1.38 bits per heavy atom. The highest BCUT2D eigenvalue weighted by atomic mass is 32.2. The van der Waals surface area contributed by atoms with Crippen LogP contribution in [0.2, 0.25) is 0 Å². The van der Waals surface area contributed by atoms with Gasteiger partial charge in [-0.2, -0.15) is 0 Å². The summed E-state index contributed by atoms with van der Waals surface area (Å²) in [4.78, 5) is 13.3. The van der Waals surface area contributed by atoms with Crippen LogP contribution in [0.4, 0.5) is 5.69 Å². The Balaban J connectivity index is 2.42. The zero-order chi connectivity index (χ0) is 15.5. The highest BCUT2D eigenvalue weighted by Gasteiger charge is 2.22. The van der Waals surface area contributed by atoms with Gasteiger partial charge in [0.15, 0.2) is 0 Å². The van der Waals surface area contributed by atoms with Crippen molar-refractivity contribution in [3.05, 3.63) is 23.8 Å². The van der Waals surface area contributed by atoms with Crippen molar-refractivity contribution in [2.45, 2.75) is 11.8 Å². The maximum Gasteiger partial charge on any atom is 0.337 e. The Labute approximate surface area is 123 Å². The lowest BCUT2D eigenvalue weighted by atomic mass is 10.1. The van der Waals surface area contributed by atoms with Crippen molar-refractivity contribution >= 4 is 21.7 Å². The van der Waals surface area contributed by atoms with Gasteiger partial charge in [0.05, 0.1) is 29.4 Å². The first-order valence-corrected chi connectivity index (χ1v) is 8.13. The van der Waals surface area contributed by atoms with Gasteiger partial charge in [-0.1, -0.05) is 6.92 Å². The molecule has 0 saturated carbocycles. The molecule has 1 aromatic carbocycles. The van der Waals surface area contributed by atoms with Crippen LogP contribution in [0.5, 0.6) is 0 Å². The van der Waals surface area contributed by atoms with E-state index in [-0.39, 0.29) is 17.0 Å². The molecule has 2 N–H and O–H groups in total. The standard InChI is InChI=1S/C13H18N2O5S/c1-2-14-21(18,19)10-3-4-12(11(9-10)13(16)17)15-5-7-20-8-6-15/h3-4,9,14H,2,5-8H2,1H3,(H,16,17). The van der Waals surface area contributed by atoms with Gasteiger partial charge in [0.1, 0.15) is 0 Å². The second-order valence-electron chi connectivity index (χ2n) is 4.58. The van der Waals surface area contributed by atoms with Gasteiger partial charge in [-0.25, -0.2) is 17.9 Å². The molecule has 1 aliphatic rings. The number of sulfonamides is 1. The number of carboxylic acids is 1. The molecule has 0 atom stereocenters. The van der Waals surface area contributed by atoms with Crippen LogP contribution >= 0.6 is 0 Å². The van der Waals surface area contributed by atoms with Gasteiger partial charge in [-0.05, 0) is 18.2 Å². The minimum Gasteiger partial charge on any atom is -0.478 e. The maximum absolute atomic E-state index is 12.0. The molecule has 0 radical (unpaired) electrons. The number of nitrogens with zero attached hydrogens (tertiary/aromatic N) is 1. The average Bonchev–Trinajstić information content (AvgIpc) is 2.47. The molecule has 0 unspecified atom stereocenters. The van der Waals surface area contributed by atoms with Gasteiger partial charge in [0, 0.05) is 19.6 Å². The van der Waals surface area contributed by atoms with Crippen LogP contribution in [-0.4, -0.2) is 52.3 Å². The van der Waals surface area contributed by atoms with Crippen LogP contribution in [0, 0.1) is 0 Å². The van der Waals surface area contributed by atoms with E-state index in [1.165, 1.54) is 12.1 Å². The molecule has 1 aliphatic heterocycles.